The molecule has 8 heteroatoms. The number of halogens is 1. The van der Waals surface area contributed by atoms with Crippen LogP contribution in [0.15, 0.2) is 23.0 Å². The van der Waals surface area contributed by atoms with Gasteiger partial charge in [0.1, 0.15) is 16.5 Å². The molecule has 0 aliphatic heterocycles. The first kappa shape index (κ1) is 12.3. The number of carboxylic acid groups (broad SMARTS) is 1. The number of carbonyl (C=O) groups is 1. The molecule has 0 saturated carbocycles. The Morgan fingerprint density at radius 2 is 2.33 bits per heavy atom. The van der Waals surface area contributed by atoms with Crippen molar-refractivity contribution in [1.29, 1.82) is 0 Å². The van der Waals surface area contributed by atoms with E-state index in [0.29, 0.717) is 18.8 Å². The molecule has 0 bridgehead atoms. The van der Waals surface area contributed by atoms with Gasteiger partial charge in [0.25, 0.3) is 0 Å². The fourth-order valence-electron chi connectivity index (χ4n) is 1.34. The minimum Gasteiger partial charge on any atom is -0.478 e. The van der Waals surface area contributed by atoms with Gasteiger partial charge in [0.2, 0.25) is 6.39 Å². The lowest BCUT2D eigenvalue weighted by Crippen LogP contribution is -2.11. The maximum atomic E-state index is 11.0. The number of nitrogens with one attached hydrogen (secondary N) is 1. The van der Waals surface area contributed by atoms with Crippen LogP contribution >= 0.6 is 11.6 Å². The Balaban J connectivity index is 2.03. The van der Waals surface area contributed by atoms with Gasteiger partial charge in [-0.25, -0.2) is 9.78 Å². The summed E-state index contributed by atoms with van der Waals surface area (Å²) in [6.07, 6.45) is 1.72. The zero-order valence-corrected chi connectivity index (χ0v) is 9.89. The predicted octanol–water partition coefficient (Wildman–Crippen LogP) is 1.47. The van der Waals surface area contributed by atoms with E-state index >= 15 is 0 Å². The zero-order chi connectivity index (χ0) is 13.0. The van der Waals surface area contributed by atoms with Crippen molar-refractivity contribution in [2.24, 2.45) is 0 Å². The number of hydrogen-bond donors (Lipinski definition) is 2. The van der Waals surface area contributed by atoms with Gasteiger partial charge in [-0.3, -0.25) is 0 Å². The number of rotatable bonds is 5. The molecule has 2 heterocycles. The standard InChI is InChI=1S/C10H9ClN4O3/c11-7-2-1-6(10(16)17)9(14-7)12-4-3-8-13-5-18-15-8/h1-2,5H,3-4H2,(H,12,14)(H,16,17). The fraction of sp³-hybridized carbons (Fsp3) is 0.200. The second-order valence-corrected chi connectivity index (χ2v) is 3.75. The number of hydrogen-bond acceptors (Lipinski definition) is 6. The average Bonchev–Trinajstić information content (AvgIpc) is 2.82. The molecule has 0 spiro atoms. The zero-order valence-electron chi connectivity index (χ0n) is 9.13. The molecular formula is C10H9ClN4O3. The summed E-state index contributed by atoms with van der Waals surface area (Å²) < 4.78 is 4.58. The van der Waals surface area contributed by atoms with E-state index in [4.69, 9.17) is 16.7 Å². The highest BCUT2D eigenvalue weighted by Crippen LogP contribution is 2.16. The minimum atomic E-state index is -1.07. The van der Waals surface area contributed by atoms with E-state index in [1.54, 1.807) is 0 Å². The maximum absolute atomic E-state index is 11.0. The topological polar surface area (TPSA) is 101 Å². The van der Waals surface area contributed by atoms with Crippen LogP contribution in [-0.2, 0) is 6.42 Å². The third-order valence-corrected chi connectivity index (χ3v) is 2.35. The molecule has 18 heavy (non-hydrogen) atoms. The summed E-state index contributed by atoms with van der Waals surface area (Å²) >= 11 is 5.72. The molecule has 2 aromatic rings. The van der Waals surface area contributed by atoms with Gasteiger partial charge in [-0.1, -0.05) is 16.8 Å². The van der Waals surface area contributed by atoms with Gasteiger partial charge < -0.3 is 14.9 Å². The van der Waals surface area contributed by atoms with E-state index in [-0.39, 0.29) is 16.5 Å². The van der Waals surface area contributed by atoms with Crippen molar-refractivity contribution >= 4 is 23.4 Å². The minimum absolute atomic E-state index is 0.0625. The molecule has 0 aromatic carbocycles. The van der Waals surface area contributed by atoms with Crippen molar-refractivity contribution in [3.63, 3.8) is 0 Å². The van der Waals surface area contributed by atoms with Gasteiger partial charge in [-0.2, -0.15) is 4.98 Å². The van der Waals surface area contributed by atoms with Gasteiger partial charge in [-0.05, 0) is 12.1 Å². The van der Waals surface area contributed by atoms with Crippen molar-refractivity contribution in [3.05, 3.63) is 35.1 Å². The predicted molar refractivity (Wildman–Crippen MR) is 62.7 cm³/mol. The molecule has 0 aliphatic carbocycles. The Labute approximate surface area is 107 Å². The summed E-state index contributed by atoms with van der Waals surface area (Å²) in [6, 6.07) is 2.82. The van der Waals surface area contributed by atoms with Crippen LogP contribution in [0.1, 0.15) is 16.2 Å². The van der Waals surface area contributed by atoms with Crippen LogP contribution in [0.25, 0.3) is 0 Å². The highest BCUT2D eigenvalue weighted by molar-refractivity contribution is 6.29. The molecule has 0 unspecified atom stereocenters. The quantitative estimate of drug-likeness (QED) is 0.792. The first-order valence-electron chi connectivity index (χ1n) is 5.06. The fourth-order valence-corrected chi connectivity index (χ4v) is 1.49. The molecule has 0 fully saturated rings. The summed E-state index contributed by atoms with van der Waals surface area (Å²) in [7, 11) is 0. The summed E-state index contributed by atoms with van der Waals surface area (Å²) in [5, 5.41) is 15.7. The first-order valence-corrected chi connectivity index (χ1v) is 5.43. The van der Waals surface area contributed by atoms with E-state index in [0.717, 1.165) is 0 Å². The monoisotopic (exact) mass is 268 g/mol. The third-order valence-electron chi connectivity index (χ3n) is 2.14. The summed E-state index contributed by atoms with van der Waals surface area (Å²) in [5.74, 6) is -0.318. The Kier molecular flexibility index (Phi) is 3.73. The van der Waals surface area contributed by atoms with Crippen molar-refractivity contribution in [2.75, 3.05) is 11.9 Å². The highest BCUT2D eigenvalue weighted by Gasteiger charge is 2.11. The molecule has 2 rings (SSSR count). The number of nitrogens with zero attached hydrogens (tertiary/aromatic N) is 3. The van der Waals surface area contributed by atoms with Crippen molar-refractivity contribution < 1.29 is 14.4 Å². The summed E-state index contributed by atoms with van der Waals surface area (Å²) in [5.41, 5.74) is 0.0625. The SMILES string of the molecule is O=C(O)c1ccc(Cl)nc1NCCc1ncon1. The molecule has 2 aromatic heterocycles. The number of anilines is 1. The van der Waals surface area contributed by atoms with Crippen LogP contribution in [0, 0.1) is 0 Å². The Morgan fingerprint density at radius 1 is 1.50 bits per heavy atom. The second kappa shape index (κ2) is 5.46. The van der Waals surface area contributed by atoms with Crippen LogP contribution in [0.4, 0.5) is 5.82 Å². The Bertz CT molecular complexity index is 544. The molecular weight excluding hydrogens is 260 g/mol. The average molecular weight is 269 g/mol. The Hall–Kier alpha value is -2.15. The van der Waals surface area contributed by atoms with Crippen LogP contribution in [-0.4, -0.2) is 32.7 Å². The van der Waals surface area contributed by atoms with E-state index in [2.05, 4.69) is 25.0 Å². The van der Waals surface area contributed by atoms with Crippen LogP contribution in [0.2, 0.25) is 5.15 Å². The molecule has 0 aliphatic rings. The van der Waals surface area contributed by atoms with Gasteiger partial charge >= 0.3 is 5.97 Å². The number of aromatic carboxylic acids is 1. The lowest BCUT2D eigenvalue weighted by atomic mass is 10.2. The molecule has 0 radical (unpaired) electrons. The van der Waals surface area contributed by atoms with Crippen molar-refractivity contribution in [3.8, 4) is 0 Å². The van der Waals surface area contributed by atoms with Gasteiger partial charge in [0.05, 0.1) is 0 Å². The van der Waals surface area contributed by atoms with E-state index in [9.17, 15) is 4.79 Å². The maximum Gasteiger partial charge on any atom is 0.339 e. The molecule has 0 atom stereocenters. The van der Waals surface area contributed by atoms with E-state index < -0.39 is 5.97 Å². The molecule has 0 saturated heterocycles. The van der Waals surface area contributed by atoms with Crippen LogP contribution < -0.4 is 5.32 Å². The first-order chi connectivity index (χ1) is 8.66. The second-order valence-electron chi connectivity index (χ2n) is 3.36. The summed E-state index contributed by atoms with van der Waals surface area (Å²) in [6.45, 7) is 0.424. The lowest BCUT2D eigenvalue weighted by Gasteiger charge is -2.07. The smallest absolute Gasteiger partial charge is 0.339 e. The van der Waals surface area contributed by atoms with E-state index in [1.807, 2.05) is 0 Å². The molecule has 0 amide bonds. The number of pyridine rings is 1. The van der Waals surface area contributed by atoms with Crippen LogP contribution in [0.3, 0.4) is 0 Å². The lowest BCUT2D eigenvalue weighted by molar-refractivity contribution is 0.0697. The van der Waals surface area contributed by atoms with Crippen LogP contribution in [0.5, 0.6) is 0 Å². The molecule has 7 nitrogen and oxygen atoms in total. The third kappa shape index (κ3) is 2.95. The van der Waals surface area contributed by atoms with Crippen molar-refractivity contribution in [1.82, 2.24) is 15.1 Å². The molecule has 2 N–H and O–H groups in total. The number of carboxylic acids is 1. The number of aromatic nitrogens is 3. The van der Waals surface area contributed by atoms with Crippen molar-refractivity contribution in [2.45, 2.75) is 6.42 Å². The normalized spacial score (nSPS) is 10.3. The van der Waals surface area contributed by atoms with E-state index in [1.165, 1.54) is 18.5 Å². The largest absolute Gasteiger partial charge is 0.478 e. The van der Waals surface area contributed by atoms with Gasteiger partial charge in [0, 0.05) is 13.0 Å². The molecule has 94 valence electrons. The highest BCUT2D eigenvalue weighted by atomic mass is 35.5. The van der Waals surface area contributed by atoms with Gasteiger partial charge in [-0.15, -0.1) is 0 Å². The Morgan fingerprint density at radius 3 is 3.00 bits per heavy atom. The van der Waals surface area contributed by atoms with Gasteiger partial charge in [0.15, 0.2) is 5.82 Å². The summed E-state index contributed by atoms with van der Waals surface area (Å²) in [4.78, 5) is 18.7.